The minimum absolute atomic E-state index is 0.0199. The van der Waals surface area contributed by atoms with Gasteiger partial charge in [0.2, 0.25) is 5.78 Å². The van der Waals surface area contributed by atoms with Crippen molar-refractivity contribution in [1.29, 1.82) is 0 Å². The van der Waals surface area contributed by atoms with Crippen LogP contribution in [0.5, 0.6) is 0 Å². The van der Waals surface area contributed by atoms with E-state index < -0.39 is 15.8 Å². The molecule has 1 N–H and O–H groups in total. The number of ketones is 1. The van der Waals surface area contributed by atoms with E-state index in [0.717, 1.165) is 36.2 Å². The van der Waals surface area contributed by atoms with Gasteiger partial charge >= 0.3 is 0 Å². The number of allylic oxidation sites excluding steroid dienone is 1. The first-order valence-corrected chi connectivity index (χ1v) is 14.8. The van der Waals surface area contributed by atoms with Gasteiger partial charge in [0.25, 0.3) is 10.0 Å². The number of carbonyl (C=O) groups is 1. The fourth-order valence-corrected chi connectivity index (χ4v) is 7.20. The smallest absolute Gasteiger partial charge is 0.282 e. The molecule has 39 heavy (non-hydrogen) atoms. The van der Waals surface area contributed by atoms with Crippen molar-refractivity contribution in [3.05, 3.63) is 93.8 Å². The largest absolute Gasteiger partial charge is 0.505 e. The average molecular weight is 567 g/mol. The van der Waals surface area contributed by atoms with E-state index in [-0.39, 0.29) is 28.6 Å². The number of sulfonamides is 1. The molecule has 3 aromatic rings. The van der Waals surface area contributed by atoms with Gasteiger partial charge in [0.05, 0.1) is 5.56 Å². The molecule has 1 aromatic heterocycles. The number of fused-ring (bicyclic) bond motifs is 1. The van der Waals surface area contributed by atoms with Gasteiger partial charge in [-0.25, -0.2) is 4.98 Å². The molecule has 0 amide bonds. The second-order valence-electron chi connectivity index (χ2n) is 9.89. The first-order valence-electron chi connectivity index (χ1n) is 12.9. The topological polar surface area (TPSA) is 94.1 Å². The van der Waals surface area contributed by atoms with Crippen molar-refractivity contribution in [3.63, 3.8) is 0 Å². The summed E-state index contributed by atoms with van der Waals surface area (Å²) in [7, 11) is -4.17. The second kappa shape index (κ2) is 11.0. The Morgan fingerprint density at radius 3 is 2.38 bits per heavy atom. The van der Waals surface area contributed by atoms with Crippen LogP contribution in [-0.4, -0.2) is 72.8 Å². The van der Waals surface area contributed by atoms with Gasteiger partial charge in [0.15, 0.2) is 10.8 Å². The zero-order chi connectivity index (χ0) is 27.7. The van der Waals surface area contributed by atoms with Gasteiger partial charge in [0, 0.05) is 61.2 Å². The number of hydrogen-bond acceptors (Lipinski definition) is 7. The van der Waals surface area contributed by atoms with Gasteiger partial charge in [0.1, 0.15) is 5.70 Å². The lowest BCUT2D eigenvalue weighted by molar-refractivity contribution is 0.0995. The first kappa shape index (κ1) is 27.2. The number of piperazine rings is 1. The van der Waals surface area contributed by atoms with Crippen molar-refractivity contribution in [2.24, 2.45) is 0 Å². The predicted octanol–water partition coefficient (Wildman–Crippen LogP) is 4.68. The number of halogens is 1. The molecule has 5 rings (SSSR count). The molecule has 204 valence electrons. The number of Topliss-reactive ketones (excluding diaryl/α,β-unsaturated/α-hetero) is 1. The highest BCUT2D eigenvalue weighted by molar-refractivity contribution is 7.89. The molecule has 2 aliphatic heterocycles. The minimum Gasteiger partial charge on any atom is -0.505 e. The normalized spacial score (nSPS) is 18.7. The van der Waals surface area contributed by atoms with Gasteiger partial charge in [-0.15, -0.1) is 0 Å². The number of hydrogen-bond donors (Lipinski definition) is 1. The summed E-state index contributed by atoms with van der Waals surface area (Å²) in [6.07, 6.45) is 0.482. The Bertz CT molecular complexity index is 1530. The molecule has 0 radical (unpaired) electrons. The van der Waals surface area contributed by atoms with Crippen LogP contribution in [0, 0.1) is 13.8 Å². The standard InChI is InChI=1S/C29H31ClN4O4S/c1-20-18-21(2)31-29-25(20)28(36)26(27(35)22-8-4-3-5-9-22)34(39(29,37)38)13-7-12-32-14-16-33(17-15-32)24-11-6-10-23(30)19-24/h3-6,8-11,18-19,35H,7,12-17H2,1-2H3. The highest BCUT2D eigenvalue weighted by Gasteiger charge is 2.43. The van der Waals surface area contributed by atoms with Crippen LogP contribution in [0.4, 0.5) is 5.69 Å². The number of carbonyl (C=O) groups excluding carboxylic acids is 1. The minimum atomic E-state index is -4.17. The molecule has 0 bridgehead atoms. The van der Waals surface area contributed by atoms with Crippen LogP contribution in [0.15, 0.2) is 71.4 Å². The Morgan fingerprint density at radius 2 is 1.69 bits per heavy atom. The van der Waals surface area contributed by atoms with E-state index in [1.165, 1.54) is 0 Å². The number of rotatable bonds is 6. The molecule has 1 saturated heterocycles. The Morgan fingerprint density at radius 1 is 0.974 bits per heavy atom. The summed E-state index contributed by atoms with van der Waals surface area (Å²) in [6.45, 7) is 7.38. The molecule has 2 aliphatic rings. The molecular weight excluding hydrogens is 536 g/mol. The average Bonchev–Trinajstić information content (AvgIpc) is 2.92. The first-order chi connectivity index (χ1) is 18.7. The maximum absolute atomic E-state index is 13.8. The molecule has 3 heterocycles. The fourth-order valence-electron chi connectivity index (χ4n) is 5.25. The van der Waals surface area contributed by atoms with Gasteiger partial charge in [-0.1, -0.05) is 48.0 Å². The molecule has 2 aromatic carbocycles. The number of aromatic nitrogens is 1. The van der Waals surface area contributed by atoms with Crippen molar-refractivity contribution in [3.8, 4) is 0 Å². The van der Waals surface area contributed by atoms with Crippen LogP contribution < -0.4 is 4.90 Å². The maximum atomic E-state index is 13.8. The van der Waals surface area contributed by atoms with Gasteiger partial charge in [-0.05, 0) is 50.1 Å². The number of pyridine rings is 1. The van der Waals surface area contributed by atoms with E-state index in [1.807, 2.05) is 24.3 Å². The molecule has 0 saturated carbocycles. The fraction of sp³-hybridized carbons (Fsp3) is 0.310. The third-order valence-corrected chi connectivity index (χ3v) is 9.15. The SMILES string of the molecule is Cc1cc(C)c2c(n1)S(=O)(=O)N(CCCN1CCN(c3cccc(Cl)c3)CC1)C(=C(O)c1ccccc1)C2=O. The molecule has 0 spiro atoms. The van der Waals surface area contributed by atoms with Crippen molar-refractivity contribution in [1.82, 2.24) is 14.2 Å². The van der Waals surface area contributed by atoms with Crippen molar-refractivity contribution in [2.75, 3.05) is 44.2 Å². The van der Waals surface area contributed by atoms with E-state index in [4.69, 9.17) is 11.6 Å². The summed E-state index contributed by atoms with van der Waals surface area (Å²) < 4.78 is 28.7. The zero-order valence-electron chi connectivity index (χ0n) is 22.0. The van der Waals surface area contributed by atoms with Crippen molar-refractivity contribution in [2.45, 2.75) is 25.3 Å². The number of anilines is 1. The highest BCUT2D eigenvalue weighted by atomic mass is 35.5. The summed E-state index contributed by atoms with van der Waals surface area (Å²) in [5, 5.41) is 11.7. The summed E-state index contributed by atoms with van der Waals surface area (Å²) in [5.74, 6) is -0.897. The van der Waals surface area contributed by atoms with Crippen LogP contribution in [0.25, 0.3) is 5.76 Å². The number of aliphatic hydroxyl groups is 1. The molecule has 10 heteroatoms. The van der Waals surface area contributed by atoms with E-state index in [1.54, 1.807) is 50.2 Å². The Labute approximate surface area is 234 Å². The lowest BCUT2D eigenvalue weighted by atomic mass is 10.0. The third-order valence-electron chi connectivity index (χ3n) is 7.19. The number of aryl methyl sites for hydroxylation is 2. The summed E-state index contributed by atoms with van der Waals surface area (Å²) in [4.78, 5) is 22.5. The number of benzene rings is 2. The van der Waals surface area contributed by atoms with Gasteiger partial charge < -0.3 is 10.0 Å². The maximum Gasteiger partial charge on any atom is 0.282 e. The van der Waals surface area contributed by atoms with E-state index >= 15 is 0 Å². The second-order valence-corrected chi connectivity index (χ2v) is 12.1. The molecule has 8 nitrogen and oxygen atoms in total. The van der Waals surface area contributed by atoms with Gasteiger partial charge in [-0.3, -0.25) is 14.0 Å². The lowest BCUT2D eigenvalue weighted by Crippen LogP contribution is -2.47. The predicted molar refractivity (Wildman–Crippen MR) is 153 cm³/mol. The Kier molecular flexibility index (Phi) is 7.66. The summed E-state index contributed by atoms with van der Waals surface area (Å²) in [5.41, 5.74) is 2.28. The van der Waals surface area contributed by atoms with Crippen LogP contribution >= 0.6 is 11.6 Å². The van der Waals surface area contributed by atoms with Crippen LogP contribution in [-0.2, 0) is 10.0 Å². The summed E-state index contributed by atoms with van der Waals surface area (Å²) >= 11 is 6.15. The van der Waals surface area contributed by atoms with Gasteiger partial charge in [-0.2, -0.15) is 8.42 Å². The quantitative estimate of drug-likeness (QED) is 0.342. The highest BCUT2D eigenvalue weighted by Crippen LogP contribution is 2.36. The number of nitrogens with zero attached hydrogens (tertiary/aromatic N) is 4. The van der Waals surface area contributed by atoms with E-state index in [9.17, 15) is 18.3 Å². The third kappa shape index (κ3) is 5.39. The summed E-state index contributed by atoms with van der Waals surface area (Å²) in [6, 6.07) is 18.0. The number of aliphatic hydroxyl groups excluding tert-OH is 1. The molecule has 1 fully saturated rings. The van der Waals surface area contributed by atoms with E-state index in [0.29, 0.717) is 34.8 Å². The zero-order valence-corrected chi connectivity index (χ0v) is 23.5. The molecular formula is C29H31ClN4O4S. The van der Waals surface area contributed by atoms with Crippen molar-refractivity contribution < 1.29 is 18.3 Å². The van der Waals surface area contributed by atoms with Crippen LogP contribution in [0.2, 0.25) is 5.02 Å². The molecule has 0 unspecified atom stereocenters. The monoisotopic (exact) mass is 566 g/mol. The molecule has 0 atom stereocenters. The van der Waals surface area contributed by atoms with Crippen LogP contribution in [0.3, 0.4) is 0 Å². The Hall–Kier alpha value is -3.40. The van der Waals surface area contributed by atoms with Crippen molar-refractivity contribution >= 4 is 38.9 Å². The molecule has 0 aliphatic carbocycles. The van der Waals surface area contributed by atoms with E-state index in [2.05, 4.69) is 14.8 Å². The Balaban J connectivity index is 1.38. The lowest BCUT2D eigenvalue weighted by Gasteiger charge is -2.37. The van der Waals surface area contributed by atoms with Crippen LogP contribution in [0.1, 0.15) is 33.6 Å².